The predicted octanol–water partition coefficient (Wildman–Crippen LogP) is 3.34. The van der Waals surface area contributed by atoms with Gasteiger partial charge in [-0.1, -0.05) is 19.3 Å². The molecule has 2 aromatic rings. The zero-order valence-electron chi connectivity index (χ0n) is 13.5. The summed E-state index contributed by atoms with van der Waals surface area (Å²) in [4.78, 5) is 27.8. The van der Waals surface area contributed by atoms with Crippen LogP contribution in [0.2, 0.25) is 0 Å². The molecule has 1 aliphatic rings. The summed E-state index contributed by atoms with van der Waals surface area (Å²) in [6, 6.07) is 4.92. The fourth-order valence-corrected chi connectivity index (χ4v) is 3.45. The minimum Gasteiger partial charge on any atom is -0.469 e. The fourth-order valence-electron chi connectivity index (χ4n) is 3.25. The average molecular weight is 348 g/mol. The summed E-state index contributed by atoms with van der Waals surface area (Å²) in [5, 5.41) is 2.99. The number of amides is 1. The van der Waals surface area contributed by atoms with Gasteiger partial charge in [-0.05, 0) is 43.3 Å². The number of carbonyl (C=O) groups is 2. The maximum atomic E-state index is 12.6. The number of ether oxygens (including phenoxy) is 1. The van der Waals surface area contributed by atoms with Gasteiger partial charge >= 0.3 is 5.97 Å². The van der Waals surface area contributed by atoms with Crippen LogP contribution in [0.1, 0.15) is 42.5 Å². The molecule has 1 aromatic heterocycles. The molecule has 1 heterocycles. The molecule has 1 aromatic carbocycles. The molecule has 128 valence electrons. The number of fused-ring (bicyclic) bond motifs is 1. The van der Waals surface area contributed by atoms with Gasteiger partial charge in [0.25, 0.3) is 10.7 Å². The topological polar surface area (TPSA) is 84.3 Å². The van der Waals surface area contributed by atoms with Crippen molar-refractivity contribution in [3.8, 4) is 0 Å². The number of nitrogens with one attached hydrogen (secondary N) is 2. The summed E-state index contributed by atoms with van der Waals surface area (Å²) in [6.07, 6.45) is 4.54. The summed E-state index contributed by atoms with van der Waals surface area (Å²) in [5.74, 6) is -0.768. The first kappa shape index (κ1) is 16.7. The minimum absolute atomic E-state index is 0.208. The van der Waals surface area contributed by atoms with E-state index in [1.807, 2.05) is 0 Å². The third-order valence-electron chi connectivity index (χ3n) is 4.52. The highest BCUT2D eigenvalue weighted by Crippen LogP contribution is 2.25. The van der Waals surface area contributed by atoms with Gasteiger partial charge in [0.2, 0.25) is 0 Å². The van der Waals surface area contributed by atoms with Crippen LogP contribution in [0.4, 0.5) is 0 Å². The van der Waals surface area contributed by atoms with Gasteiger partial charge in [0.1, 0.15) is 0 Å². The lowest BCUT2D eigenvalue weighted by Gasteiger charge is -2.24. The number of H-pyrrole nitrogens is 1. The Labute approximate surface area is 144 Å². The van der Waals surface area contributed by atoms with Crippen LogP contribution in [0, 0.1) is 10.8 Å². The summed E-state index contributed by atoms with van der Waals surface area (Å²) < 4.78 is 10.3. The molecule has 6 nitrogen and oxygen atoms in total. The zero-order chi connectivity index (χ0) is 17.1. The van der Waals surface area contributed by atoms with Crippen molar-refractivity contribution in [2.24, 2.45) is 5.92 Å². The average Bonchev–Trinajstić information content (AvgIpc) is 2.79. The van der Waals surface area contributed by atoms with Crippen molar-refractivity contribution in [2.75, 3.05) is 7.11 Å². The van der Waals surface area contributed by atoms with Crippen molar-refractivity contribution in [3.05, 3.63) is 28.6 Å². The van der Waals surface area contributed by atoms with Crippen LogP contribution < -0.4 is 5.32 Å². The van der Waals surface area contributed by atoms with Crippen molar-refractivity contribution in [1.82, 2.24) is 10.3 Å². The van der Waals surface area contributed by atoms with E-state index < -0.39 is 0 Å². The second-order valence-electron chi connectivity index (χ2n) is 6.07. The number of esters is 1. The molecule has 0 bridgehead atoms. The Balaban J connectivity index is 1.79. The molecule has 0 saturated heterocycles. The van der Waals surface area contributed by atoms with Crippen LogP contribution in [0.15, 0.2) is 22.6 Å². The molecule has 1 aliphatic carbocycles. The Bertz CT molecular complexity index is 810. The molecular formula is C17H20N2O4S. The maximum Gasteiger partial charge on any atom is 0.310 e. The maximum absolute atomic E-state index is 12.6. The first-order chi connectivity index (χ1) is 11.6. The van der Waals surface area contributed by atoms with Gasteiger partial charge in [-0.3, -0.25) is 9.59 Å². The summed E-state index contributed by atoms with van der Waals surface area (Å²) in [7, 11) is 1.39. The molecular weight excluding hydrogens is 328 g/mol. The van der Waals surface area contributed by atoms with Crippen molar-refractivity contribution in [3.63, 3.8) is 0 Å². The molecule has 7 heteroatoms. The quantitative estimate of drug-likeness (QED) is 0.505. The first-order valence-electron chi connectivity index (χ1n) is 8.10. The first-order valence-corrected chi connectivity index (χ1v) is 8.51. The summed E-state index contributed by atoms with van der Waals surface area (Å²) >= 11 is 4.95. The van der Waals surface area contributed by atoms with E-state index in [9.17, 15) is 9.59 Å². The van der Waals surface area contributed by atoms with Gasteiger partial charge in [-0.25, -0.2) is 0 Å². The van der Waals surface area contributed by atoms with E-state index in [1.54, 1.807) is 18.2 Å². The number of carbonyl (C=O) groups excluding carboxylic acids is 2. The highest BCUT2D eigenvalue weighted by Gasteiger charge is 2.31. The third kappa shape index (κ3) is 3.51. The monoisotopic (exact) mass is 348 g/mol. The molecule has 2 N–H and O–H groups in total. The SMILES string of the molecule is COC(=O)[C@H]1CCCCC[C@@H]1NC(=O)c1ccc2[nH]c(=S)oc2c1. The van der Waals surface area contributed by atoms with Gasteiger partial charge in [-0.2, -0.15) is 0 Å². The number of methoxy groups -OCH3 is 1. The molecule has 3 rings (SSSR count). The molecule has 2 atom stereocenters. The van der Waals surface area contributed by atoms with Crippen LogP contribution >= 0.6 is 12.2 Å². The van der Waals surface area contributed by atoms with Crippen molar-refractivity contribution >= 4 is 35.2 Å². The van der Waals surface area contributed by atoms with E-state index >= 15 is 0 Å². The number of aromatic nitrogens is 1. The molecule has 0 radical (unpaired) electrons. The largest absolute Gasteiger partial charge is 0.469 e. The van der Waals surface area contributed by atoms with Gasteiger partial charge < -0.3 is 19.5 Å². The Morgan fingerprint density at radius 1 is 1.29 bits per heavy atom. The second kappa shape index (κ2) is 7.17. The lowest BCUT2D eigenvalue weighted by atomic mass is 9.94. The van der Waals surface area contributed by atoms with Crippen LogP contribution in [0.3, 0.4) is 0 Å². The van der Waals surface area contributed by atoms with E-state index in [0.717, 1.165) is 37.6 Å². The van der Waals surface area contributed by atoms with Crippen LogP contribution in [0.25, 0.3) is 11.1 Å². The van der Waals surface area contributed by atoms with E-state index in [2.05, 4.69) is 10.3 Å². The van der Waals surface area contributed by atoms with E-state index in [-0.39, 0.29) is 28.7 Å². The van der Waals surface area contributed by atoms with Gasteiger partial charge in [0.15, 0.2) is 5.58 Å². The molecule has 0 spiro atoms. The Morgan fingerprint density at radius 2 is 2.08 bits per heavy atom. The zero-order valence-corrected chi connectivity index (χ0v) is 14.3. The summed E-state index contributed by atoms with van der Waals surface area (Å²) in [5.41, 5.74) is 1.77. The lowest BCUT2D eigenvalue weighted by Crippen LogP contribution is -2.43. The lowest BCUT2D eigenvalue weighted by molar-refractivity contribution is -0.146. The molecule has 1 saturated carbocycles. The Hall–Kier alpha value is -2.15. The molecule has 0 unspecified atom stereocenters. The summed E-state index contributed by atoms with van der Waals surface area (Å²) in [6.45, 7) is 0. The van der Waals surface area contributed by atoms with Crippen molar-refractivity contribution in [2.45, 2.75) is 38.1 Å². The smallest absolute Gasteiger partial charge is 0.310 e. The normalized spacial score (nSPS) is 21.2. The predicted molar refractivity (Wildman–Crippen MR) is 91.2 cm³/mol. The van der Waals surface area contributed by atoms with E-state index in [4.69, 9.17) is 21.4 Å². The third-order valence-corrected chi connectivity index (χ3v) is 4.70. The Morgan fingerprint density at radius 3 is 2.88 bits per heavy atom. The molecule has 0 aliphatic heterocycles. The highest BCUT2D eigenvalue weighted by atomic mass is 32.1. The number of oxazole rings is 1. The molecule has 1 fully saturated rings. The van der Waals surface area contributed by atoms with Crippen LogP contribution in [-0.4, -0.2) is 30.0 Å². The van der Waals surface area contributed by atoms with E-state index in [0.29, 0.717) is 11.1 Å². The standard InChI is InChI=1S/C17H20N2O4S/c1-22-16(21)11-5-3-2-4-6-12(11)18-15(20)10-7-8-13-14(9-10)23-17(24)19-13/h7-9,11-12H,2-6H2,1H3,(H,18,20)(H,19,24)/t11-,12-/m0/s1. The van der Waals surface area contributed by atoms with Crippen LogP contribution in [-0.2, 0) is 9.53 Å². The van der Waals surface area contributed by atoms with E-state index in [1.165, 1.54) is 7.11 Å². The molecule has 1 amide bonds. The fraction of sp³-hybridized carbons (Fsp3) is 0.471. The van der Waals surface area contributed by atoms with Gasteiger partial charge in [0, 0.05) is 11.6 Å². The highest BCUT2D eigenvalue weighted by molar-refractivity contribution is 7.71. The number of hydrogen-bond acceptors (Lipinski definition) is 5. The van der Waals surface area contributed by atoms with Crippen LogP contribution in [0.5, 0.6) is 0 Å². The van der Waals surface area contributed by atoms with Crippen molar-refractivity contribution in [1.29, 1.82) is 0 Å². The number of rotatable bonds is 3. The minimum atomic E-state index is -0.290. The van der Waals surface area contributed by atoms with Gasteiger partial charge in [-0.15, -0.1) is 0 Å². The molecule has 24 heavy (non-hydrogen) atoms. The van der Waals surface area contributed by atoms with Crippen molar-refractivity contribution < 1.29 is 18.7 Å². The second-order valence-corrected chi connectivity index (χ2v) is 6.44. The number of hydrogen-bond donors (Lipinski definition) is 2. The number of benzene rings is 1. The number of aromatic amines is 1. The Kier molecular flexibility index (Phi) is 4.99. The van der Waals surface area contributed by atoms with Gasteiger partial charge in [0.05, 0.1) is 18.5 Å².